The van der Waals surface area contributed by atoms with Gasteiger partial charge >= 0.3 is 17.2 Å². The predicted octanol–water partition coefficient (Wildman–Crippen LogP) is 19.5. The Labute approximate surface area is 504 Å². The highest BCUT2D eigenvalue weighted by Crippen LogP contribution is 2.73. The van der Waals surface area contributed by atoms with Gasteiger partial charge in [-0.3, -0.25) is 18.1 Å². The highest BCUT2D eigenvalue weighted by Gasteiger charge is 2.69. The third-order valence-electron chi connectivity index (χ3n) is 16.7. The number of hydrogen-bond donors (Lipinski definition) is 0. The van der Waals surface area contributed by atoms with Gasteiger partial charge in [0.1, 0.15) is 23.0 Å². The summed E-state index contributed by atoms with van der Waals surface area (Å²) in [5.74, 6) is 2.62. The van der Waals surface area contributed by atoms with Crippen LogP contribution in [0.1, 0.15) is 105 Å². The van der Waals surface area contributed by atoms with Gasteiger partial charge in [0.2, 0.25) is 0 Å². The van der Waals surface area contributed by atoms with Crippen molar-refractivity contribution in [1.29, 1.82) is 0 Å². The van der Waals surface area contributed by atoms with E-state index in [9.17, 15) is 0 Å². The largest absolute Gasteiger partial charge is 0.497 e. The molecule has 2 fully saturated rings. The molecule has 8 nitrogen and oxygen atoms in total. The van der Waals surface area contributed by atoms with E-state index in [1.54, 1.807) is 14.2 Å². The molecule has 430 valence electrons. The molecule has 1 aliphatic carbocycles. The second-order valence-corrected chi connectivity index (χ2v) is 26.1. The van der Waals surface area contributed by atoms with Crippen molar-refractivity contribution < 1.29 is 36.6 Å². The van der Waals surface area contributed by atoms with Gasteiger partial charge in [0.05, 0.1) is 14.2 Å². The summed E-state index contributed by atoms with van der Waals surface area (Å²) in [5.41, 5.74) is 4.16. The van der Waals surface area contributed by atoms with Crippen LogP contribution in [0.3, 0.4) is 0 Å². The van der Waals surface area contributed by atoms with Crippen LogP contribution in [0.4, 0.5) is 0 Å². The zero-order valence-corrected chi connectivity index (χ0v) is 51.5. The average Bonchev–Trinajstić information content (AvgIpc) is 1.92. The van der Waals surface area contributed by atoms with Crippen molar-refractivity contribution in [3.8, 4) is 34.1 Å². The SMILES string of the molecule is COc1cc(-c2cc(OC)cc(C(C)(C)C)c2OP2OC(c3ccccc3)(c3ccccc3)C(c3ccccc3)(c3ccccc3)O2)c(OP2OC(C3=CCC(C)C=C3)(c3ccccc3)C(c3ccccc3)(c3ccccc3)O2)c(C(C)(C)C)c1. The van der Waals surface area contributed by atoms with Gasteiger partial charge in [-0.25, -0.2) is 0 Å². The standard InChI is InChI=1S/C75H72O8P2/c1-53-45-47-61(48-46-53)75(60-43-29-16-30-44-60)74(58-39-25-14-26-40-58,59-41-27-15-28-42-59)82-85(83-75)79-69-65(50-63(77-9)52-67(69)71(5,6)7)64-49-62(76-8)51-66(70(2,3)4)68(64)78-84-80-72(54-31-17-10-18-32-54,55-33-19-11-20-34-55)73(81-84,56-35-21-12-22-36-56)57-37-23-13-24-38-57/h10-45,47-53H,46H2,1-9H3. The van der Waals surface area contributed by atoms with Gasteiger partial charge < -0.3 is 18.5 Å². The Hall–Kier alpha value is -7.64. The molecule has 12 rings (SSSR count). The van der Waals surface area contributed by atoms with Gasteiger partial charge in [-0.1, -0.05) is 279 Å². The Balaban J connectivity index is 1.10. The van der Waals surface area contributed by atoms with E-state index < -0.39 is 50.4 Å². The molecule has 0 radical (unpaired) electrons. The second-order valence-electron chi connectivity index (χ2n) is 24.1. The fourth-order valence-corrected chi connectivity index (χ4v) is 15.7. The van der Waals surface area contributed by atoms with Gasteiger partial charge in [-0.2, -0.15) is 0 Å². The molecule has 0 amide bonds. The number of rotatable bonds is 15. The summed E-state index contributed by atoms with van der Waals surface area (Å²) in [4.78, 5) is 0. The first kappa shape index (κ1) is 57.8. The highest BCUT2D eigenvalue weighted by atomic mass is 31.2. The summed E-state index contributed by atoms with van der Waals surface area (Å²) in [6.45, 7) is 15.3. The molecule has 9 aromatic carbocycles. The van der Waals surface area contributed by atoms with Crippen molar-refractivity contribution in [1.82, 2.24) is 0 Å². The zero-order valence-electron chi connectivity index (χ0n) is 49.7. The second kappa shape index (κ2) is 23.3. The molecule has 2 saturated heterocycles. The van der Waals surface area contributed by atoms with Crippen molar-refractivity contribution in [2.24, 2.45) is 5.92 Å². The number of benzene rings is 9. The molecule has 2 heterocycles. The number of methoxy groups -OCH3 is 2. The Morgan fingerprint density at radius 1 is 0.388 bits per heavy atom. The van der Waals surface area contributed by atoms with Crippen molar-refractivity contribution in [2.75, 3.05) is 14.2 Å². The third-order valence-corrected chi connectivity index (χ3v) is 19.0. The van der Waals surface area contributed by atoms with Gasteiger partial charge in [-0.15, -0.1) is 0 Å². The Morgan fingerprint density at radius 2 is 0.659 bits per heavy atom. The Bertz CT molecular complexity index is 3620. The molecule has 0 saturated carbocycles. The summed E-state index contributed by atoms with van der Waals surface area (Å²) >= 11 is 0. The monoisotopic (exact) mass is 1160 g/mol. The van der Waals surface area contributed by atoms with E-state index in [1.807, 2.05) is 54.6 Å². The van der Waals surface area contributed by atoms with Crippen molar-refractivity contribution in [3.05, 3.63) is 310 Å². The van der Waals surface area contributed by atoms with E-state index >= 15 is 0 Å². The van der Waals surface area contributed by atoms with Crippen LogP contribution in [0.2, 0.25) is 0 Å². The first-order valence-electron chi connectivity index (χ1n) is 29.1. The molecule has 3 atom stereocenters. The highest BCUT2D eigenvalue weighted by molar-refractivity contribution is 7.42. The van der Waals surface area contributed by atoms with Crippen LogP contribution in [0, 0.1) is 5.92 Å². The maximum Gasteiger partial charge on any atom is 0.400 e. The van der Waals surface area contributed by atoms with Crippen molar-refractivity contribution in [3.63, 3.8) is 0 Å². The Kier molecular flexibility index (Phi) is 15.9. The van der Waals surface area contributed by atoms with Crippen molar-refractivity contribution in [2.45, 2.75) is 88.1 Å². The van der Waals surface area contributed by atoms with Gasteiger partial charge in [0.25, 0.3) is 0 Å². The molecular weight excluding hydrogens is 1090 g/mol. The normalized spacial score (nSPS) is 19.9. The van der Waals surface area contributed by atoms with Crippen LogP contribution >= 0.6 is 17.2 Å². The van der Waals surface area contributed by atoms with Crippen LogP contribution in [-0.2, 0) is 51.3 Å². The predicted molar refractivity (Wildman–Crippen MR) is 342 cm³/mol. The van der Waals surface area contributed by atoms with Crippen LogP contribution in [0.5, 0.6) is 23.0 Å². The van der Waals surface area contributed by atoms with E-state index in [0.29, 0.717) is 40.0 Å². The first-order valence-corrected chi connectivity index (χ1v) is 31.3. The number of allylic oxidation sites excluding steroid dienone is 2. The Morgan fingerprint density at radius 3 is 0.918 bits per heavy atom. The minimum Gasteiger partial charge on any atom is -0.497 e. The van der Waals surface area contributed by atoms with Crippen LogP contribution in [0.15, 0.2) is 260 Å². The topological polar surface area (TPSA) is 73.8 Å². The lowest BCUT2D eigenvalue weighted by Crippen LogP contribution is -2.49. The minimum absolute atomic E-state index is 0.329. The summed E-state index contributed by atoms with van der Waals surface area (Å²) in [5, 5.41) is 0. The molecule has 2 aliphatic heterocycles. The van der Waals surface area contributed by atoms with E-state index in [0.717, 1.165) is 62.1 Å². The van der Waals surface area contributed by atoms with E-state index in [1.165, 1.54) is 0 Å². The molecule has 0 aromatic heterocycles. The van der Waals surface area contributed by atoms with Crippen LogP contribution < -0.4 is 18.5 Å². The van der Waals surface area contributed by atoms with E-state index in [4.69, 9.17) is 36.6 Å². The molecule has 85 heavy (non-hydrogen) atoms. The maximum atomic E-state index is 7.91. The molecule has 9 aromatic rings. The lowest BCUT2D eigenvalue weighted by Gasteiger charge is -2.44. The average molecular weight is 1160 g/mol. The lowest BCUT2D eigenvalue weighted by molar-refractivity contribution is 0.00257. The van der Waals surface area contributed by atoms with Gasteiger partial charge in [-0.05, 0) is 92.0 Å². The van der Waals surface area contributed by atoms with E-state index in [-0.39, 0.29) is 0 Å². The fourth-order valence-electron chi connectivity index (χ4n) is 12.5. The quantitative estimate of drug-likeness (QED) is 0.0940. The van der Waals surface area contributed by atoms with E-state index in [2.05, 4.69) is 249 Å². The van der Waals surface area contributed by atoms with Crippen LogP contribution in [0.25, 0.3) is 11.1 Å². The summed E-state index contributed by atoms with van der Waals surface area (Å²) in [7, 11) is -1.25. The third kappa shape index (κ3) is 10.1. The maximum absolute atomic E-state index is 7.91. The minimum atomic E-state index is -2.32. The molecular formula is C75H72O8P2. The molecule has 0 spiro atoms. The van der Waals surface area contributed by atoms with Crippen molar-refractivity contribution >= 4 is 17.2 Å². The smallest absolute Gasteiger partial charge is 0.400 e. The number of hydrogen-bond acceptors (Lipinski definition) is 8. The van der Waals surface area contributed by atoms with Crippen LogP contribution in [-0.4, -0.2) is 14.2 Å². The van der Waals surface area contributed by atoms with Gasteiger partial charge in [0.15, 0.2) is 22.4 Å². The van der Waals surface area contributed by atoms with Gasteiger partial charge in [0, 0.05) is 22.3 Å². The zero-order chi connectivity index (χ0) is 59.0. The summed E-state index contributed by atoms with van der Waals surface area (Å²) in [6.07, 6.45) is 7.63. The molecule has 3 aliphatic rings. The summed E-state index contributed by atoms with van der Waals surface area (Å²) in [6, 6.07) is 81.0. The molecule has 10 heteroatoms. The number of ether oxygens (including phenoxy) is 2. The fraction of sp³-hybridized carbons (Fsp3) is 0.227. The summed E-state index contributed by atoms with van der Waals surface area (Å²) < 4.78 is 59.6. The molecule has 0 bridgehead atoms. The molecule has 0 N–H and O–H groups in total. The molecule has 3 unspecified atom stereocenters. The first-order chi connectivity index (χ1) is 41.2. The lowest BCUT2D eigenvalue weighted by atomic mass is 9.65.